The predicted molar refractivity (Wildman–Crippen MR) is 129 cm³/mol. The summed E-state index contributed by atoms with van der Waals surface area (Å²) in [5, 5.41) is 8.99. The fraction of sp³-hybridized carbons (Fsp3) is 0.391. The first-order valence-corrected chi connectivity index (χ1v) is 11.2. The second-order valence-electron chi connectivity index (χ2n) is 7.82. The predicted octanol–water partition coefficient (Wildman–Crippen LogP) is 3.96. The van der Waals surface area contributed by atoms with Gasteiger partial charge < -0.3 is 4.74 Å². The number of carbonyl (C=O) groups excluding carboxylic acids is 1. The zero-order chi connectivity index (χ0) is 21.2. The number of nitrogens with zero attached hydrogens (tertiary/aromatic N) is 2. The van der Waals surface area contributed by atoms with Crippen LogP contribution in [-0.4, -0.2) is 24.3 Å². The number of hydrazone groups is 1. The first-order valence-electron chi connectivity index (χ1n) is 10.0. The Bertz CT molecular complexity index is 927. The van der Waals surface area contributed by atoms with Crippen LogP contribution in [0.25, 0.3) is 0 Å². The monoisotopic (exact) mass is 428 g/mol. The molecule has 4 atom stereocenters. The fourth-order valence-electron chi connectivity index (χ4n) is 4.01. The molecule has 1 heterocycles. The van der Waals surface area contributed by atoms with Crippen molar-refractivity contribution in [2.45, 2.75) is 45.6 Å². The van der Waals surface area contributed by atoms with E-state index in [4.69, 9.17) is 9.84 Å². The number of anilines is 1. The third-order valence-electron chi connectivity index (χ3n) is 5.73. The van der Waals surface area contributed by atoms with E-state index in [0.717, 1.165) is 46.8 Å². The third-order valence-corrected chi connectivity index (χ3v) is 6.55. The number of unbranched alkanes of at least 4 members (excludes halogenated alkanes) is 1. The maximum Gasteiger partial charge on any atom is 0.334 e. The third kappa shape index (κ3) is 4.11. The molecule has 1 aliphatic rings. The molecule has 0 saturated heterocycles. The summed E-state index contributed by atoms with van der Waals surface area (Å²) in [4.78, 5) is 13.2. The average Bonchev–Trinajstić information content (AvgIpc) is 2.99. The van der Waals surface area contributed by atoms with E-state index in [9.17, 15) is 4.79 Å². The molecule has 2 aromatic carbocycles. The summed E-state index contributed by atoms with van der Waals surface area (Å²) in [6.07, 6.45) is 2.96. The molecule has 0 amide bonds. The molecular formula is C23H30N2O2P2. The van der Waals surface area contributed by atoms with Crippen LogP contribution in [0.3, 0.4) is 0 Å². The maximum absolute atomic E-state index is 13.2. The van der Waals surface area contributed by atoms with Gasteiger partial charge in [-0.05, 0) is 48.6 Å². The standard InChI is InChI=1S/C23H30N2O2P2/c1-5-6-7-18-21(16-10-8-15(2)9-11-16)24-25(23(18,3)22(26)27-4)19-13-12-17(28)14-20(19)29/h8-14,18H,5-7,28-29H2,1-4H3. The van der Waals surface area contributed by atoms with Gasteiger partial charge in [0.25, 0.3) is 0 Å². The van der Waals surface area contributed by atoms with Gasteiger partial charge in [0, 0.05) is 5.92 Å². The van der Waals surface area contributed by atoms with Crippen molar-refractivity contribution in [1.29, 1.82) is 0 Å². The topological polar surface area (TPSA) is 41.9 Å². The van der Waals surface area contributed by atoms with Crippen LogP contribution >= 0.6 is 18.5 Å². The molecule has 6 heteroatoms. The van der Waals surface area contributed by atoms with Crippen molar-refractivity contribution in [2.24, 2.45) is 11.0 Å². The van der Waals surface area contributed by atoms with E-state index in [1.54, 1.807) is 0 Å². The number of hydrogen-bond acceptors (Lipinski definition) is 4. The lowest BCUT2D eigenvalue weighted by Crippen LogP contribution is -2.54. The van der Waals surface area contributed by atoms with E-state index in [1.807, 2.05) is 24.1 Å². The summed E-state index contributed by atoms with van der Waals surface area (Å²) < 4.78 is 5.30. The molecule has 154 valence electrons. The molecule has 3 rings (SSSR count). The molecule has 1 aliphatic heterocycles. The van der Waals surface area contributed by atoms with Crippen molar-refractivity contribution >= 4 is 46.5 Å². The minimum atomic E-state index is -0.905. The van der Waals surface area contributed by atoms with Crippen molar-refractivity contribution < 1.29 is 9.53 Å². The Labute approximate surface area is 178 Å². The van der Waals surface area contributed by atoms with Crippen LogP contribution < -0.4 is 15.6 Å². The minimum absolute atomic E-state index is 0.0577. The smallest absolute Gasteiger partial charge is 0.334 e. The van der Waals surface area contributed by atoms with Crippen LogP contribution in [0.1, 0.15) is 44.2 Å². The van der Waals surface area contributed by atoms with Crippen molar-refractivity contribution in [3.63, 3.8) is 0 Å². The second-order valence-corrected chi connectivity index (χ2v) is 9.10. The molecule has 0 saturated carbocycles. The second kappa shape index (κ2) is 8.94. The van der Waals surface area contributed by atoms with Crippen LogP contribution in [0.15, 0.2) is 47.6 Å². The van der Waals surface area contributed by atoms with Crippen LogP contribution in [0, 0.1) is 12.8 Å². The number of benzene rings is 2. The molecule has 4 nitrogen and oxygen atoms in total. The van der Waals surface area contributed by atoms with Gasteiger partial charge in [0.1, 0.15) is 0 Å². The molecule has 0 fully saturated rings. The van der Waals surface area contributed by atoms with Gasteiger partial charge in [-0.1, -0.05) is 55.7 Å². The Balaban J connectivity index is 2.19. The van der Waals surface area contributed by atoms with Gasteiger partial charge in [0.15, 0.2) is 5.54 Å². The Morgan fingerprint density at radius 2 is 1.90 bits per heavy atom. The first kappa shape index (κ1) is 21.9. The summed E-state index contributed by atoms with van der Waals surface area (Å²) >= 11 is 0. The van der Waals surface area contributed by atoms with E-state index in [1.165, 1.54) is 12.7 Å². The van der Waals surface area contributed by atoms with Crippen LogP contribution in [0.4, 0.5) is 5.69 Å². The Morgan fingerprint density at radius 3 is 2.48 bits per heavy atom. The number of methoxy groups -OCH3 is 1. The Hall–Kier alpha value is -1.76. The van der Waals surface area contributed by atoms with Gasteiger partial charge in [-0.25, -0.2) is 9.80 Å². The van der Waals surface area contributed by atoms with Gasteiger partial charge in [-0.2, -0.15) is 5.10 Å². The molecule has 0 N–H and O–H groups in total. The largest absolute Gasteiger partial charge is 0.467 e. The highest BCUT2D eigenvalue weighted by molar-refractivity contribution is 7.29. The average molecular weight is 428 g/mol. The van der Waals surface area contributed by atoms with Gasteiger partial charge in [0.2, 0.25) is 0 Å². The van der Waals surface area contributed by atoms with E-state index in [2.05, 4.69) is 62.7 Å². The summed E-state index contributed by atoms with van der Waals surface area (Å²) in [6.45, 7) is 6.20. The highest BCUT2D eigenvalue weighted by Crippen LogP contribution is 2.42. The van der Waals surface area contributed by atoms with Gasteiger partial charge >= 0.3 is 5.97 Å². The first-order chi connectivity index (χ1) is 13.8. The molecular weight excluding hydrogens is 398 g/mol. The Kier molecular flexibility index (Phi) is 6.76. The van der Waals surface area contributed by atoms with Crippen LogP contribution in [0.2, 0.25) is 0 Å². The molecule has 0 aliphatic carbocycles. The van der Waals surface area contributed by atoms with Crippen LogP contribution in [0.5, 0.6) is 0 Å². The molecule has 0 radical (unpaired) electrons. The molecule has 4 unspecified atom stereocenters. The lowest BCUT2D eigenvalue weighted by atomic mass is 9.77. The SMILES string of the molecule is CCCCC1C(c2ccc(C)cc2)=NN(c2ccc(P)cc2P)C1(C)C(=O)OC. The maximum atomic E-state index is 13.2. The number of esters is 1. The number of aryl methyl sites for hydroxylation is 1. The lowest BCUT2D eigenvalue weighted by Gasteiger charge is -2.37. The molecule has 0 spiro atoms. The molecule has 0 bridgehead atoms. The molecule has 29 heavy (non-hydrogen) atoms. The number of hydrogen-bond donors (Lipinski definition) is 0. The Morgan fingerprint density at radius 1 is 1.21 bits per heavy atom. The van der Waals surface area contributed by atoms with E-state index in [-0.39, 0.29) is 11.9 Å². The van der Waals surface area contributed by atoms with Crippen molar-refractivity contribution in [2.75, 3.05) is 12.1 Å². The quantitative estimate of drug-likeness (QED) is 0.517. The van der Waals surface area contributed by atoms with Crippen molar-refractivity contribution in [3.05, 3.63) is 53.6 Å². The summed E-state index contributed by atoms with van der Waals surface area (Å²) in [5.74, 6) is -0.318. The minimum Gasteiger partial charge on any atom is -0.467 e. The summed E-state index contributed by atoms with van der Waals surface area (Å²) in [6, 6.07) is 14.5. The van der Waals surface area contributed by atoms with Gasteiger partial charge in [-0.3, -0.25) is 0 Å². The van der Waals surface area contributed by atoms with E-state index >= 15 is 0 Å². The van der Waals surface area contributed by atoms with E-state index in [0.29, 0.717) is 0 Å². The summed E-state index contributed by atoms with van der Waals surface area (Å²) in [7, 11) is 6.94. The van der Waals surface area contributed by atoms with Crippen molar-refractivity contribution in [1.82, 2.24) is 0 Å². The fourth-order valence-corrected chi connectivity index (χ4v) is 4.89. The molecule has 2 aromatic rings. The van der Waals surface area contributed by atoms with Crippen molar-refractivity contribution in [3.8, 4) is 0 Å². The van der Waals surface area contributed by atoms with E-state index < -0.39 is 5.54 Å². The molecule has 0 aromatic heterocycles. The number of carbonyl (C=O) groups is 1. The lowest BCUT2D eigenvalue weighted by molar-refractivity contribution is -0.147. The highest BCUT2D eigenvalue weighted by Gasteiger charge is 2.54. The zero-order valence-corrected chi connectivity index (χ0v) is 19.9. The number of rotatable bonds is 6. The van der Waals surface area contributed by atoms with Gasteiger partial charge in [-0.15, -0.1) is 18.5 Å². The van der Waals surface area contributed by atoms with Crippen LogP contribution in [-0.2, 0) is 9.53 Å². The number of ether oxygens (including phenoxy) is 1. The summed E-state index contributed by atoms with van der Waals surface area (Å²) in [5.41, 5.74) is 3.21. The normalized spacial score (nSPS) is 21.2. The van der Waals surface area contributed by atoms with Gasteiger partial charge in [0.05, 0.1) is 18.5 Å². The zero-order valence-electron chi connectivity index (χ0n) is 17.6. The highest BCUT2D eigenvalue weighted by atomic mass is 31.0.